The molecule has 1 aromatic rings. The van der Waals surface area contributed by atoms with Crippen molar-refractivity contribution in [3.63, 3.8) is 0 Å². The van der Waals surface area contributed by atoms with E-state index in [4.69, 9.17) is 4.74 Å². The van der Waals surface area contributed by atoms with E-state index in [9.17, 15) is 4.79 Å². The van der Waals surface area contributed by atoms with E-state index in [0.717, 1.165) is 10.6 Å². The van der Waals surface area contributed by atoms with Crippen molar-refractivity contribution < 1.29 is 9.53 Å². The second kappa shape index (κ2) is 5.39. The quantitative estimate of drug-likeness (QED) is 0.600. The molecule has 0 saturated carbocycles. The van der Waals surface area contributed by atoms with Crippen molar-refractivity contribution in [2.75, 3.05) is 5.75 Å². The maximum absolute atomic E-state index is 11.4. The summed E-state index contributed by atoms with van der Waals surface area (Å²) in [5, 5.41) is 4.05. The van der Waals surface area contributed by atoms with Crippen LogP contribution in [0.1, 0.15) is 27.2 Å². The van der Waals surface area contributed by atoms with Crippen LogP contribution in [-0.4, -0.2) is 27.1 Å². The minimum atomic E-state index is -0.393. The molecule has 0 bridgehead atoms. The van der Waals surface area contributed by atoms with E-state index in [1.165, 1.54) is 0 Å². The van der Waals surface area contributed by atoms with Crippen LogP contribution in [0.15, 0.2) is 17.3 Å². The number of ether oxygens (including phenoxy) is 1. The fourth-order valence-electron chi connectivity index (χ4n) is 1.12. The first-order chi connectivity index (χ1) is 7.37. The van der Waals surface area contributed by atoms with Crippen molar-refractivity contribution >= 4 is 17.7 Å². The molecule has 5 heteroatoms. The fourth-order valence-corrected chi connectivity index (χ4v) is 1.97. The zero-order chi connectivity index (χ0) is 12.2. The summed E-state index contributed by atoms with van der Waals surface area (Å²) in [5.41, 5.74) is -0.393. The van der Waals surface area contributed by atoms with Crippen LogP contribution in [0.5, 0.6) is 0 Å². The highest BCUT2D eigenvalue weighted by molar-refractivity contribution is 7.99. The van der Waals surface area contributed by atoms with Gasteiger partial charge in [-0.15, -0.1) is 11.8 Å². The lowest BCUT2D eigenvalue weighted by Gasteiger charge is -2.19. The molecule has 16 heavy (non-hydrogen) atoms. The summed E-state index contributed by atoms with van der Waals surface area (Å²) < 4.78 is 6.95. The van der Waals surface area contributed by atoms with Gasteiger partial charge in [-0.2, -0.15) is 5.10 Å². The van der Waals surface area contributed by atoms with Gasteiger partial charge in [0.15, 0.2) is 0 Å². The van der Waals surface area contributed by atoms with Gasteiger partial charge in [-0.05, 0) is 20.8 Å². The van der Waals surface area contributed by atoms with E-state index in [-0.39, 0.29) is 5.97 Å². The third-order valence-electron chi connectivity index (χ3n) is 1.68. The highest BCUT2D eigenvalue weighted by Gasteiger charge is 2.15. The van der Waals surface area contributed by atoms with Gasteiger partial charge < -0.3 is 4.74 Å². The van der Waals surface area contributed by atoms with Gasteiger partial charge in [0, 0.05) is 23.9 Å². The molecule has 0 N–H and O–H groups in total. The molecule has 0 aliphatic rings. The van der Waals surface area contributed by atoms with Crippen LogP contribution in [0.3, 0.4) is 0 Å². The summed E-state index contributed by atoms with van der Waals surface area (Å²) in [6, 6.07) is 0. The van der Waals surface area contributed by atoms with E-state index in [0.29, 0.717) is 6.42 Å². The standard InChI is InChI=1S/C11H18N2O2S/c1-11(2,3)15-10(14)5-6-16-9-7-12-13(4)8-9/h7-8H,5-6H2,1-4H3. The highest BCUT2D eigenvalue weighted by atomic mass is 32.2. The van der Waals surface area contributed by atoms with Gasteiger partial charge in [0.25, 0.3) is 0 Å². The third kappa shape index (κ3) is 5.21. The van der Waals surface area contributed by atoms with E-state index in [2.05, 4.69) is 5.10 Å². The molecule has 4 nitrogen and oxygen atoms in total. The van der Waals surface area contributed by atoms with Gasteiger partial charge in [-0.3, -0.25) is 9.48 Å². The maximum atomic E-state index is 11.4. The Balaban J connectivity index is 2.23. The molecule has 90 valence electrons. The normalized spacial score (nSPS) is 11.5. The lowest BCUT2D eigenvalue weighted by atomic mass is 10.2. The number of hydrogen-bond donors (Lipinski definition) is 0. The number of rotatable bonds is 4. The van der Waals surface area contributed by atoms with E-state index < -0.39 is 5.60 Å². The fraction of sp³-hybridized carbons (Fsp3) is 0.636. The molecule has 0 atom stereocenters. The molecule has 0 fully saturated rings. The van der Waals surface area contributed by atoms with Gasteiger partial charge >= 0.3 is 5.97 Å². The Bertz CT molecular complexity index is 355. The molecule has 0 aromatic carbocycles. The van der Waals surface area contributed by atoms with E-state index >= 15 is 0 Å². The second-order valence-electron chi connectivity index (χ2n) is 4.53. The lowest BCUT2D eigenvalue weighted by Crippen LogP contribution is -2.23. The molecular formula is C11H18N2O2S. The summed E-state index contributed by atoms with van der Waals surface area (Å²) in [5.74, 6) is 0.574. The molecule has 0 radical (unpaired) electrons. The topological polar surface area (TPSA) is 44.1 Å². The SMILES string of the molecule is Cn1cc(SCCC(=O)OC(C)(C)C)cn1. The summed E-state index contributed by atoms with van der Waals surface area (Å²) in [4.78, 5) is 12.5. The molecule has 0 saturated heterocycles. The van der Waals surface area contributed by atoms with Gasteiger partial charge in [0.05, 0.1) is 12.6 Å². The third-order valence-corrected chi connectivity index (χ3v) is 2.63. The average Bonchev–Trinajstić information content (AvgIpc) is 2.48. The van der Waals surface area contributed by atoms with Crippen LogP contribution in [-0.2, 0) is 16.6 Å². The van der Waals surface area contributed by atoms with Crippen molar-refractivity contribution in [1.29, 1.82) is 0 Å². The van der Waals surface area contributed by atoms with Crippen molar-refractivity contribution in [2.45, 2.75) is 37.7 Å². The Kier molecular flexibility index (Phi) is 4.41. The number of thioether (sulfide) groups is 1. The van der Waals surface area contributed by atoms with Crippen LogP contribution in [0.4, 0.5) is 0 Å². The summed E-state index contributed by atoms with van der Waals surface area (Å²) in [6.45, 7) is 5.62. The van der Waals surface area contributed by atoms with Crippen LogP contribution in [0.25, 0.3) is 0 Å². The highest BCUT2D eigenvalue weighted by Crippen LogP contribution is 2.18. The average molecular weight is 242 g/mol. The molecule has 1 aromatic heterocycles. The number of carbonyl (C=O) groups excluding carboxylic acids is 1. The molecule has 1 rings (SSSR count). The van der Waals surface area contributed by atoms with Gasteiger partial charge in [-0.1, -0.05) is 0 Å². The Morgan fingerprint density at radius 1 is 1.56 bits per heavy atom. The number of aryl methyl sites for hydroxylation is 1. The molecule has 0 aliphatic heterocycles. The predicted molar refractivity (Wildman–Crippen MR) is 64.4 cm³/mol. The number of hydrogen-bond acceptors (Lipinski definition) is 4. The monoisotopic (exact) mass is 242 g/mol. The van der Waals surface area contributed by atoms with Gasteiger partial charge in [0.2, 0.25) is 0 Å². The Morgan fingerprint density at radius 2 is 2.25 bits per heavy atom. The smallest absolute Gasteiger partial charge is 0.307 e. The van der Waals surface area contributed by atoms with Crippen LogP contribution >= 0.6 is 11.8 Å². The summed E-state index contributed by atoms with van der Waals surface area (Å²) in [7, 11) is 1.87. The van der Waals surface area contributed by atoms with Crippen molar-refractivity contribution in [2.24, 2.45) is 7.05 Å². The molecule has 0 spiro atoms. The molecule has 0 aliphatic carbocycles. The van der Waals surface area contributed by atoms with Crippen LogP contribution in [0.2, 0.25) is 0 Å². The molecular weight excluding hydrogens is 224 g/mol. The Morgan fingerprint density at radius 3 is 2.75 bits per heavy atom. The zero-order valence-corrected chi connectivity index (χ0v) is 11.0. The molecule has 1 heterocycles. The summed E-state index contributed by atoms with van der Waals surface area (Å²) >= 11 is 1.61. The van der Waals surface area contributed by atoms with Gasteiger partial charge in [0.1, 0.15) is 5.60 Å². The number of esters is 1. The van der Waals surface area contributed by atoms with Gasteiger partial charge in [-0.25, -0.2) is 0 Å². The van der Waals surface area contributed by atoms with E-state index in [1.54, 1.807) is 22.6 Å². The first-order valence-electron chi connectivity index (χ1n) is 5.20. The first-order valence-corrected chi connectivity index (χ1v) is 6.19. The zero-order valence-electron chi connectivity index (χ0n) is 10.2. The minimum absolute atomic E-state index is 0.149. The largest absolute Gasteiger partial charge is 0.460 e. The van der Waals surface area contributed by atoms with Crippen molar-refractivity contribution in [3.05, 3.63) is 12.4 Å². The summed E-state index contributed by atoms with van der Waals surface area (Å²) in [6.07, 6.45) is 4.15. The van der Waals surface area contributed by atoms with Crippen molar-refractivity contribution in [3.8, 4) is 0 Å². The lowest BCUT2D eigenvalue weighted by molar-refractivity contribution is -0.154. The van der Waals surface area contributed by atoms with E-state index in [1.807, 2.05) is 34.0 Å². The molecule has 0 amide bonds. The predicted octanol–water partition coefficient (Wildman–Crippen LogP) is 2.24. The Labute approximate surface area is 100 Å². The van der Waals surface area contributed by atoms with Crippen molar-refractivity contribution in [1.82, 2.24) is 9.78 Å². The number of aromatic nitrogens is 2. The first kappa shape index (κ1) is 13.1. The molecule has 0 unspecified atom stereocenters. The van der Waals surface area contributed by atoms with Crippen LogP contribution in [0, 0.1) is 0 Å². The van der Waals surface area contributed by atoms with Crippen LogP contribution < -0.4 is 0 Å². The second-order valence-corrected chi connectivity index (χ2v) is 5.70. The maximum Gasteiger partial charge on any atom is 0.307 e. The number of carbonyl (C=O) groups is 1. The minimum Gasteiger partial charge on any atom is -0.460 e. The number of nitrogens with zero attached hydrogens (tertiary/aromatic N) is 2. The Hall–Kier alpha value is -0.970.